The average molecular weight is 1120 g/mol. The molecule has 0 aliphatic carbocycles. The summed E-state index contributed by atoms with van der Waals surface area (Å²) in [6, 6.07) is 3.77. The molecule has 80 heavy (non-hydrogen) atoms. The van der Waals surface area contributed by atoms with Crippen LogP contribution in [0.1, 0.15) is 203 Å². The van der Waals surface area contributed by atoms with E-state index in [0.717, 1.165) is 56.1 Å². The molecule has 0 bridgehead atoms. The minimum absolute atomic E-state index is 0.0820. The molecule has 0 radical (unpaired) electrons. The number of nitrogens with one attached hydrogen (secondary N) is 2. The van der Waals surface area contributed by atoms with Crippen LogP contribution in [0.4, 0.5) is 0 Å². The van der Waals surface area contributed by atoms with Crippen molar-refractivity contribution in [2.75, 3.05) is 41.4 Å². The largest absolute Gasteiger partial charge is 0.480 e. The summed E-state index contributed by atoms with van der Waals surface area (Å²) < 4.78 is 12.1. The van der Waals surface area contributed by atoms with Crippen molar-refractivity contribution in [3.05, 3.63) is 35.4 Å². The lowest BCUT2D eigenvalue weighted by molar-refractivity contribution is -0.149. The summed E-state index contributed by atoms with van der Waals surface area (Å²) in [6.07, 6.45) is 9.81. The zero-order chi connectivity index (χ0) is 60.2. The molecule has 2 heterocycles. The fraction of sp³-hybridized carbons (Fsp3) is 0.778. The average Bonchev–Trinajstić information content (AvgIpc) is 4.02. The Morgan fingerprint density at radius 1 is 0.812 bits per heavy atom. The quantitative estimate of drug-likeness (QED) is 0.0426. The number of carbonyl (C=O) groups is 8. The predicted octanol–water partition coefficient (Wildman–Crippen LogP) is 9.18. The van der Waals surface area contributed by atoms with Crippen LogP contribution in [-0.2, 0) is 54.3 Å². The Morgan fingerprint density at radius 3 is 2.05 bits per heavy atom. The highest BCUT2D eigenvalue weighted by Gasteiger charge is 2.47. The lowest BCUT2D eigenvalue weighted by Crippen LogP contribution is -2.60. The van der Waals surface area contributed by atoms with E-state index in [1.165, 1.54) is 24.0 Å². The minimum atomic E-state index is -1.18. The van der Waals surface area contributed by atoms with Gasteiger partial charge in [0.15, 0.2) is 0 Å². The Hall–Kier alpha value is -4.90. The van der Waals surface area contributed by atoms with Crippen molar-refractivity contribution >= 4 is 47.3 Å². The number of carboxylic acid groups (broad SMARTS) is 1. The second kappa shape index (κ2) is 33.3. The number of unbranched alkanes of at least 4 members (excludes halogenated alkanes) is 5. The van der Waals surface area contributed by atoms with Crippen LogP contribution in [0.2, 0.25) is 0 Å². The molecule has 2 fully saturated rings. The van der Waals surface area contributed by atoms with Gasteiger partial charge in [0.05, 0.1) is 42.5 Å². The number of carbonyl (C=O) groups excluding carboxylic acids is 7. The molecule has 3 N–H and O–H groups in total. The number of amides is 7. The van der Waals surface area contributed by atoms with Gasteiger partial charge in [-0.3, -0.25) is 38.5 Å². The number of hydrogen-bond donors (Lipinski definition) is 3. The number of imide groups is 1. The first-order chi connectivity index (χ1) is 37.8. The lowest BCUT2D eigenvalue weighted by Gasteiger charge is -2.41. The van der Waals surface area contributed by atoms with Crippen LogP contribution < -0.4 is 10.6 Å². The monoisotopic (exact) mass is 1120 g/mol. The standard InChI is InChI=1S/C63H106N6O11/c1-17-21-22-25-33-63(11,12)47-38-52(71)69(60(47)75)34-26-23-24-32-51(70)66(13)55(41(7)8)59(74)65-54(40(5)6)61(76)67(14)56(42(9)18-2)50(79-15)39-53(72)68-35-28-31-49(68)57(80-16)43(10)58(73)64-48(62(77)78)37-44-29-27-30-46(36-44)45(19-3)20-4/h27,29-30,36,40-43,45,47-50,54-57H,17-26,28,31-35,37-39H2,1-16H3,(H,64,73)(H,65,74)(H,77,78)/t42-,43+,47?,48-,49-,50+,54-,55-,56-,57+/m0/s1. The highest BCUT2D eigenvalue weighted by molar-refractivity contribution is 6.04. The van der Waals surface area contributed by atoms with E-state index >= 15 is 0 Å². The summed E-state index contributed by atoms with van der Waals surface area (Å²) in [5.41, 5.74) is 1.70. The van der Waals surface area contributed by atoms with Crippen LogP contribution in [0.15, 0.2) is 24.3 Å². The third-order valence-corrected chi connectivity index (χ3v) is 17.8. The summed E-state index contributed by atoms with van der Waals surface area (Å²) in [6.45, 7) is 24.4. The van der Waals surface area contributed by atoms with Crippen molar-refractivity contribution in [1.29, 1.82) is 0 Å². The number of likely N-dealkylation sites (N-methyl/N-ethyl adjacent to an activating group) is 2. The van der Waals surface area contributed by atoms with E-state index in [1.807, 2.05) is 59.7 Å². The molecule has 0 spiro atoms. The van der Waals surface area contributed by atoms with E-state index < -0.39 is 66.1 Å². The van der Waals surface area contributed by atoms with E-state index in [9.17, 15) is 43.5 Å². The van der Waals surface area contributed by atoms with Gasteiger partial charge in [-0.25, -0.2) is 4.79 Å². The van der Waals surface area contributed by atoms with Gasteiger partial charge in [0.1, 0.15) is 18.1 Å². The molecule has 10 atom stereocenters. The van der Waals surface area contributed by atoms with Gasteiger partial charge >= 0.3 is 5.97 Å². The Labute approximate surface area is 481 Å². The maximum Gasteiger partial charge on any atom is 0.326 e. The van der Waals surface area contributed by atoms with Gasteiger partial charge in [0.25, 0.3) is 0 Å². The van der Waals surface area contributed by atoms with Crippen LogP contribution in [0, 0.1) is 35.0 Å². The summed E-state index contributed by atoms with van der Waals surface area (Å²) >= 11 is 0. The molecule has 17 nitrogen and oxygen atoms in total. The first-order valence-electron chi connectivity index (χ1n) is 30.4. The third kappa shape index (κ3) is 18.8. The van der Waals surface area contributed by atoms with Crippen LogP contribution in [0.3, 0.4) is 0 Å². The Morgan fingerprint density at radius 2 is 1.48 bits per heavy atom. The molecular formula is C63H106N6O11. The number of carboxylic acids is 1. The number of aliphatic carboxylic acids is 1. The van der Waals surface area contributed by atoms with E-state index in [-0.39, 0.29) is 84.3 Å². The van der Waals surface area contributed by atoms with Crippen molar-refractivity contribution in [1.82, 2.24) is 30.2 Å². The Bertz CT molecular complexity index is 2180. The number of rotatable bonds is 36. The van der Waals surface area contributed by atoms with Crippen LogP contribution >= 0.6 is 0 Å². The first-order valence-corrected chi connectivity index (χ1v) is 30.4. The molecule has 1 aromatic carbocycles. The third-order valence-electron chi connectivity index (χ3n) is 17.8. The van der Waals surface area contributed by atoms with Crippen molar-refractivity contribution in [2.45, 2.75) is 241 Å². The summed E-state index contributed by atoms with van der Waals surface area (Å²) in [5.74, 6) is -4.70. The maximum atomic E-state index is 14.8. The number of ether oxygens (including phenoxy) is 2. The van der Waals surface area contributed by atoms with Gasteiger partial charge in [0.2, 0.25) is 41.4 Å². The number of hydrogen-bond acceptors (Lipinski definition) is 10. The Balaban J connectivity index is 1.68. The molecule has 7 amide bonds. The molecule has 0 saturated carbocycles. The van der Waals surface area contributed by atoms with E-state index in [2.05, 4.69) is 51.3 Å². The predicted molar refractivity (Wildman–Crippen MR) is 313 cm³/mol. The number of nitrogens with zero attached hydrogens (tertiary/aromatic N) is 4. The van der Waals surface area contributed by atoms with Gasteiger partial charge in [-0.15, -0.1) is 0 Å². The molecular weight excluding hydrogens is 1020 g/mol. The highest BCUT2D eigenvalue weighted by atomic mass is 16.5. The van der Waals surface area contributed by atoms with E-state index in [0.29, 0.717) is 57.5 Å². The van der Waals surface area contributed by atoms with E-state index in [1.54, 1.807) is 30.8 Å². The molecule has 3 rings (SSSR count). The van der Waals surface area contributed by atoms with Crippen molar-refractivity contribution in [2.24, 2.45) is 35.0 Å². The molecule has 17 heteroatoms. The summed E-state index contributed by atoms with van der Waals surface area (Å²) in [7, 11) is 6.29. The van der Waals surface area contributed by atoms with Gasteiger partial charge in [-0.05, 0) is 85.2 Å². The minimum Gasteiger partial charge on any atom is -0.480 e. The number of likely N-dealkylation sites (tertiary alicyclic amines) is 2. The molecule has 2 aliphatic rings. The summed E-state index contributed by atoms with van der Waals surface area (Å²) in [4.78, 5) is 116. The Kier molecular flexibility index (Phi) is 28.8. The van der Waals surface area contributed by atoms with Gasteiger partial charge < -0.3 is 39.9 Å². The van der Waals surface area contributed by atoms with Crippen molar-refractivity contribution in [3.63, 3.8) is 0 Å². The fourth-order valence-electron chi connectivity index (χ4n) is 12.4. The lowest BCUT2D eigenvalue weighted by atomic mass is 9.74. The molecule has 1 aromatic rings. The highest BCUT2D eigenvalue weighted by Crippen LogP contribution is 2.40. The zero-order valence-corrected chi connectivity index (χ0v) is 52.1. The number of benzene rings is 1. The summed E-state index contributed by atoms with van der Waals surface area (Å²) in [5, 5.41) is 16.0. The molecule has 2 saturated heterocycles. The van der Waals surface area contributed by atoms with Crippen LogP contribution in [0.25, 0.3) is 0 Å². The van der Waals surface area contributed by atoms with Crippen molar-refractivity contribution < 1.29 is 52.9 Å². The molecule has 454 valence electrons. The molecule has 1 unspecified atom stereocenters. The van der Waals surface area contributed by atoms with Gasteiger partial charge in [-0.1, -0.05) is 146 Å². The van der Waals surface area contributed by atoms with Crippen molar-refractivity contribution in [3.8, 4) is 0 Å². The topological polar surface area (TPSA) is 212 Å². The zero-order valence-electron chi connectivity index (χ0n) is 52.1. The smallest absolute Gasteiger partial charge is 0.326 e. The second-order valence-corrected chi connectivity index (χ2v) is 24.6. The maximum absolute atomic E-state index is 14.8. The SMILES string of the molecule is CCCCCCC(C)(C)C1CC(=O)N(CCCCCC(=O)N(C)[C@H](C(=O)N[C@H](C(=O)N(C)[C@@H]([C@@H](C)CC)[C@@H](CC(=O)N2CCC[C@H]2[C@H](OC)[C@@H](C)C(=O)N[C@@H](Cc2cccc(C(CC)CC)c2)C(=O)O)OC)C(C)C)C(C)C)C1=O. The van der Waals surface area contributed by atoms with Crippen LogP contribution in [-0.4, -0.2) is 156 Å². The van der Waals surface area contributed by atoms with Crippen LogP contribution in [0.5, 0.6) is 0 Å². The fourth-order valence-corrected chi connectivity index (χ4v) is 12.4. The first kappa shape index (κ1) is 69.4. The van der Waals surface area contributed by atoms with E-state index in [4.69, 9.17) is 9.47 Å². The van der Waals surface area contributed by atoms with Gasteiger partial charge in [0, 0.05) is 60.7 Å². The number of methoxy groups -OCH3 is 2. The van der Waals surface area contributed by atoms with Gasteiger partial charge in [-0.2, -0.15) is 0 Å². The normalized spacial score (nSPS) is 18.9. The molecule has 2 aliphatic heterocycles. The second-order valence-electron chi connectivity index (χ2n) is 24.6. The molecule has 0 aromatic heterocycles.